The van der Waals surface area contributed by atoms with E-state index in [2.05, 4.69) is 24.1 Å². The summed E-state index contributed by atoms with van der Waals surface area (Å²) in [6, 6.07) is 0.363. The predicted molar refractivity (Wildman–Crippen MR) is 105 cm³/mol. The Morgan fingerprint density at radius 1 is 1.38 bits per heavy atom. The first-order valence-corrected chi connectivity index (χ1v) is 12.1. The molecule has 3 aliphatic heterocycles. The summed E-state index contributed by atoms with van der Waals surface area (Å²) in [6.45, 7) is 8.73. The van der Waals surface area contributed by atoms with E-state index < -0.39 is 9.84 Å². The molecule has 3 rings (SSSR count). The first kappa shape index (κ1) is 19.9. The number of rotatable bonds is 4. The molecule has 0 aliphatic carbocycles. The average molecular weight is 386 g/mol. The van der Waals surface area contributed by atoms with Gasteiger partial charge < -0.3 is 15.0 Å². The molecule has 0 aromatic heterocycles. The second-order valence-electron chi connectivity index (χ2n) is 8.57. The van der Waals surface area contributed by atoms with Crippen LogP contribution in [0.2, 0.25) is 0 Å². The van der Waals surface area contributed by atoms with Crippen molar-refractivity contribution in [1.82, 2.24) is 10.2 Å². The minimum Gasteiger partial charge on any atom is -0.381 e. The van der Waals surface area contributed by atoms with E-state index in [0.717, 1.165) is 51.5 Å². The van der Waals surface area contributed by atoms with E-state index in [1.165, 1.54) is 19.3 Å². The molecule has 0 bridgehead atoms. The molecule has 0 amide bonds. The molecule has 1 spiro atoms. The number of piperidine rings is 1. The smallest absolute Gasteiger partial charge is 0.194 e. The van der Waals surface area contributed by atoms with Crippen LogP contribution >= 0.6 is 0 Å². The molecular formula is C19H35N3O3S. The van der Waals surface area contributed by atoms with Crippen molar-refractivity contribution in [3.63, 3.8) is 0 Å². The number of nitrogens with zero attached hydrogens (tertiary/aromatic N) is 2. The van der Waals surface area contributed by atoms with Crippen molar-refractivity contribution in [2.24, 2.45) is 16.3 Å². The highest BCUT2D eigenvalue weighted by atomic mass is 32.2. The maximum atomic E-state index is 11.7. The molecule has 0 aromatic rings. The van der Waals surface area contributed by atoms with E-state index in [-0.39, 0.29) is 11.3 Å². The lowest BCUT2D eigenvalue weighted by molar-refractivity contribution is -0.0371. The summed E-state index contributed by atoms with van der Waals surface area (Å²) < 4.78 is 29.3. The molecule has 3 aliphatic rings. The second kappa shape index (κ2) is 8.46. The third-order valence-corrected chi connectivity index (χ3v) is 8.02. The molecule has 150 valence electrons. The Bertz CT molecular complexity index is 594. The Labute approximate surface area is 158 Å². The number of sulfone groups is 1. The van der Waals surface area contributed by atoms with Gasteiger partial charge in [-0.3, -0.25) is 4.99 Å². The normalized spacial score (nSPS) is 33.4. The van der Waals surface area contributed by atoms with Gasteiger partial charge in [0.05, 0.1) is 18.1 Å². The molecule has 1 N–H and O–H groups in total. The summed E-state index contributed by atoms with van der Waals surface area (Å²) in [5.41, 5.74) is 0.269. The summed E-state index contributed by atoms with van der Waals surface area (Å²) in [4.78, 5) is 7.28. The minimum absolute atomic E-state index is 0.172. The van der Waals surface area contributed by atoms with Crippen LogP contribution in [-0.2, 0) is 14.6 Å². The van der Waals surface area contributed by atoms with Crippen LogP contribution in [0.25, 0.3) is 0 Å². The fourth-order valence-electron chi connectivity index (χ4n) is 4.41. The number of likely N-dealkylation sites (tertiary alicyclic amines) is 1. The van der Waals surface area contributed by atoms with Gasteiger partial charge in [-0.05, 0) is 51.4 Å². The van der Waals surface area contributed by atoms with E-state index in [9.17, 15) is 8.42 Å². The predicted octanol–water partition coefficient (Wildman–Crippen LogP) is 2.06. The molecular weight excluding hydrogens is 350 g/mol. The standard InChI is InChI=1S/C19H35N3O3S/c1-3-16(2)21-18(20-12-17-6-11-26(23,24)13-17)22-9-4-7-19(14-22)8-5-10-25-15-19/h16-17H,3-15H2,1-2H3,(H,20,21). The Kier molecular flexibility index (Phi) is 6.49. The molecule has 0 aromatic carbocycles. The summed E-state index contributed by atoms with van der Waals surface area (Å²) in [5.74, 6) is 1.76. The molecule has 3 fully saturated rings. The quantitative estimate of drug-likeness (QED) is 0.592. The van der Waals surface area contributed by atoms with Gasteiger partial charge in [-0.2, -0.15) is 0 Å². The highest BCUT2D eigenvalue weighted by molar-refractivity contribution is 7.91. The van der Waals surface area contributed by atoms with Crippen LogP contribution < -0.4 is 5.32 Å². The first-order valence-electron chi connectivity index (χ1n) is 10.3. The first-order chi connectivity index (χ1) is 12.4. The maximum Gasteiger partial charge on any atom is 0.194 e. The van der Waals surface area contributed by atoms with Crippen molar-refractivity contribution in [3.05, 3.63) is 0 Å². The number of ether oxygens (including phenoxy) is 1. The second-order valence-corrected chi connectivity index (χ2v) is 10.8. The van der Waals surface area contributed by atoms with Gasteiger partial charge >= 0.3 is 0 Å². The summed E-state index contributed by atoms with van der Waals surface area (Å²) >= 11 is 0. The molecule has 0 saturated carbocycles. The van der Waals surface area contributed by atoms with Crippen molar-refractivity contribution >= 4 is 15.8 Å². The van der Waals surface area contributed by atoms with Crippen molar-refractivity contribution in [2.75, 3.05) is 44.4 Å². The van der Waals surface area contributed by atoms with E-state index in [1.807, 2.05) is 0 Å². The Morgan fingerprint density at radius 3 is 2.85 bits per heavy atom. The fourth-order valence-corrected chi connectivity index (χ4v) is 6.26. The fraction of sp³-hybridized carbons (Fsp3) is 0.947. The molecule has 3 heterocycles. The minimum atomic E-state index is -2.84. The molecule has 6 nitrogen and oxygen atoms in total. The van der Waals surface area contributed by atoms with Crippen molar-refractivity contribution in [2.45, 2.75) is 58.4 Å². The number of hydrogen-bond donors (Lipinski definition) is 1. The zero-order valence-electron chi connectivity index (χ0n) is 16.4. The lowest BCUT2D eigenvalue weighted by Gasteiger charge is -2.46. The molecule has 26 heavy (non-hydrogen) atoms. The number of hydrogen-bond acceptors (Lipinski definition) is 4. The topological polar surface area (TPSA) is 71.0 Å². The Morgan fingerprint density at radius 2 is 2.19 bits per heavy atom. The van der Waals surface area contributed by atoms with Crippen LogP contribution in [0.15, 0.2) is 4.99 Å². The Balaban J connectivity index is 1.69. The summed E-state index contributed by atoms with van der Waals surface area (Å²) in [7, 11) is -2.84. The lowest BCUT2D eigenvalue weighted by Crippen LogP contribution is -2.54. The van der Waals surface area contributed by atoms with Gasteiger partial charge in [0.15, 0.2) is 15.8 Å². The highest BCUT2D eigenvalue weighted by Crippen LogP contribution is 2.37. The van der Waals surface area contributed by atoms with Gasteiger partial charge in [-0.25, -0.2) is 8.42 Å². The number of aliphatic imine (C=N–C) groups is 1. The summed E-state index contributed by atoms with van der Waals surface area (Å²) in [6.07, 6.45) is 6.59. The largest absolute Gasteiger partial charge is 0.381 e. The van der Waals surface area contributed by atoms with Crippen LogP contribution in [0, 0.1) is 11.3 Å². The van der Waals surface area contributed by atoms with Gasteiger partial charge in [0.1, 0.15) is 0 Å². The van der Waals surface area contributed by atoms with Gasteiger partial charge in [-0.1, -0.05) is 6.92 Å². The molecule has 0 radical (unpaired) electrons. The van der Waals surface area contributed by atoms with E-state index in [4.69, 9.17) is 9.73 Å². The third-order valence-electron chi connectivity index (χ3n) is 6.18. The average Bonchev–Trinajstić information content (AvgIpc) is 2.98. The number of nitrogens with one attached hydrogen (secondary N) is 1. The van der Waals surface area contributed by atoms with E-state index in [1.54, 1.807) is 0 Å². The van der Waals surface area contributed by atoms with Crippen LogP contribution in [0.1, 0.15) is 52.4 Å². The summed E-state index contributed by atoms with van der Waals surface area (Å²) in [5, 5.41) is 3.59. The highest BCUT2D eigenvalue weighted by Gasteiger charge is 2.38. The van der Waals surface area contributed by atoms with Crippen LogP contribution in [0.5, 0.6) is 0 Å². The number of guanidine groups is 1. The van der Waals surface area contributed by atoms with Crippen molar-refractivity contribution in [3.8, 4) is 0 Å². The van der Waals surface area contributed by atoms with Gasteiger partial charge in [0.2, 0.25) is 0 Å². The third kappa shape index (κ3) is 5.12. The van der Waals surface area contributed by atoms with Gasteiger partial charge in [-0.15, -0.1) is 0 Å². The SMILES string of the molecule is CCC(C)NC(=NCC1CCS(=O)(=O)C1)N1CCCC2(CCCOC2)C1. The van der Waals surface area contributed by atoms with E-state index >= 15 is 0 Å². The molecule has 3 atom stereocenters. The van der Waals surface area contributed by atoms with Gasteiger partial charge in [0.25, 0.3) is 0 Å². The maximum absolute atomic E-state index is 11.7. The van der Waals surface area contributed by atoms with Gasteiger partial charge in [0, 0.05) is 37.7 Å². The Hall–Kier alpha value is -0.820. The van der Waals surface area contributed by atoms with Crippen molar-refractivity contribution < 1.29 is 13.2 Å². The zero-order valence-corrected chi connectivity index (χ0v) is 17.2. The lowest BCUT2D eigenvalue weighted by atomic mass is 9.76. The monoisotopic (exact) mass is 385 g/mol. The molecule has 3 saturated heterocycles. The van der Waals surface area contributed by atoms with Crippen LogP contribution in [0.3, 0.4) is 0 Å². The van der Waals surface area contributed by atoms with Crippen molar-refractivity contribution in [1.29, 1.82) is 0 Å². The van der Waals surface area contributed by atoms with E-state index in [0.29, 0.717) is 24.1 Å². The molecule has 3 unspecified atom stereocenters. The zero-order chi connectivity index (χ0) is 18.6. The van der Waals surface area contributed by atoms with Crippen LogP contribution in [0.4, 0.5) is 0 Å². The molecule has 7 heteroatoms. The van der Waals surface area contributed by atoms with Crippen LogP contribution in [-0.4, -0.2) is 69.7 Å².